The summed E-state index contributed by atoms with van der Waals surface area (Å²) in [6.45, 7) is 1.07. The maximum atomic E-state index is 10.5. The van der Waals surface area contributed by atoms with Gasteiger partial charge in [0.25, 0.3) is 0 Å². The van der Waals surface area contributed by atoms with Gasteiger partial charge in [0.2, 0.25) is 0 Å². The van der Waals surface area contributed by atoms with Crippen molar-refractivity contribution in [2.75, 3.05) is 26.1 Å². The molecular weight excluding hydrogens is 284 g/mol. The molecule has 0 saturated heterocycles. The second-order valence-electron chi connectivity index (χ2n) is 5.49. The number of para-hydroxylation sites is 1. The van der Waals surface area contributed by atoms with Gasteiger partial charge < -0.3 is 14.6 Å². The summed E-state index contributed by atoms with van der Waals surface area (Å²) >= 11 is 1.91. The molecule has 1 aliphatic carbocycles. The minimum atomic E-state index is -0.462. The molecular formula is C17H26O3S. The van der Waals surface area contributed by atoms with Gasteiger partial charge in [-0.25, -0.2) is 0 Å². The van der Waals surface area contributed by atoms with Gasteiger partial charge in [-0.2, -0.15) is 11.8 Å². The van der Waals surface area contributed by atoms with Gasteiger partial charge in [0.1, 0.15) is 12.4 Å². The predicted octanol–water partition coefficient (Wildman–Crippen LogP) is 3.81. The van der Waals surface area contributed by atoms with Crippen LogP contribution in [0.1, 0.15) is 43.8 Å². The summed E-state index contributed by atoms with van der Waals surface area (Å²) in [5.41, 5.74) is 0.886. The van der Waals surface area contributed by atoms with E-state index in [1.165, 1.54) is 32.1 Å². The Hall–Kier alpha value is -0.710. The zero-order valence-corrected chi connectivity index (χ0v) is 13.6. The minimum Gasteiger partial charge on any atom is -0.491 e. The molecule has 1 unspecified atom stereocenters. The molecule has 3 nitrogen and oxygen atoms in total. The number of aliphatic hydroxyl groups excluding tert-OH is 1. The molecule has 0 radical (unpaired) electrons. The lowest BCUT2D eigenvalue weighted by Crippen LogP contribution is -2.12. The fourth-order valence-electron chi connectivity index (χ4n) is 2.67. The Kier molecular flexibility index (Phi) is 7.41. The Morgan fingerprint density at radius 3 is 2.71 bits per heavy atom. The molecule has 118 valence electrons. The van der Waals surface area contributed by atoms with Crippen LogP contribution in [0.5, 0.6) is 5.75 Å². The Bertz CT molecular complexity index is 405. The number of aliphatic hydroxyl groups is 1. The van der Waals surface area contributed by atoms with Crippen molar-refractivity contribution in [3.05, 3.63) is 29.8 Å². The number of hydrogen-bond donors (Lipinski definition) is 1. The van der Waals surface area contributed by atoms with Crippen molar-refractivity contribution in [3.63, 3.8) is 0 Å². The van der Waals surface area contributed by atoms with Crippen molar-refractivity contribution in [3.8, 4) is 5.75 Å². The Balaban J connectivity index is 1.86. The molecule has 1 N–H and O–H groups in total. The number of ether oxygens (including phenoxy) is 2. The molecule has 4 heteroatoms. The smallest absolute Gasteiger partial charge is 0.125 e. The van der Waals surface area contributed by atoms with Crippen LogP contribution in [0.15, 0.2) is 24.3 Å². The summed E-state index contributed by atoms with van der Waals surface area (Å²) in [5, 5.41) is 11.2. The van der Waals surface area contributed by atoms with Gasteiger partial charge >= 0.3 is 0 Å². The van der Waals surface area contributed by atoms with E-state index in [-0.39, 0.29) is 0 Å². The molecule has 1 aromatic rings. The second-order valence-corrected chi connectivity index (χ2v) is 6.82. The molecule has 2 rings (SSSR count). The highest BCUT2D eigenvalue weighted by Crippen LogP contribution is 2.33. The highest BCUT2D eigenvalue weighted by atomic mass is 32.2. The van der Waals surface area contributed by atoms with E-state index in [9.17, 15) is 5.11 Å². The van der Waals surface area contributed by atoms with E-state index >= 15 is 0 Å². The van der Waals surface area contributed by atoms with Crippen LogP contribution >= 0.6 is 11.8 Å². The Morgan fingerprint density at radius 1 is 1.19 bits per heavy atom. The zero-order chi connectivity index (χ0) is 14.9. The van der Waals surface area contributed by atoms with Crippen LogP contribution in [0.4, 0.5) is 0 Å². The van der Waals surface area contributed by atoms with Crippen molar-refractivity contribution in [2.24, 2.45) is 0 Å². The number of benzene rings is 1. The van der Waals surface area contributed by atoms with E-state index in [2.05, 4.69) is 0 Å². The maximum absolute atomic E-state index is 10.5. The molecule has 1 aliphatic rings. The third-order valence-electron chi connectivity index (χ3n) is 3.87. The van der Waals surface area contributed by atoms with Crippen LogP contribution in [0.2, 0.25) is 0 Å². The summed E-state index contributed by atoms with van der Waals surface area (Å²) in [6, 6.07) is 7.76. The fourth-order valence-corrected chi connectivity index (χ4v) is 3.97. The Labute approximate surface area is 132 Å². The summed E-state index contributed by atoms with van der Waals surface area (Å²) in [7, 11) is 1.66. The van der Waals surface area contributed by atoms with Gasteiger partial charge in [0.05, 0.1) is 12.7 Å². The molecule has 0 heterocycles. The lowest BCUT2D eigenvalue weighted by molar-refractivity contribution is 0.141. The fraction of sp³-hybridized carbons (Fsp3) is 0.647. The first-order valence-corrected chi connectivity index (χ1v) is 8.86. The lowest BCUT2D eigenvalue weighted by atomic mass is 10.0. The van der Waals surface area contributed by atoms with Crippen LogP contribution in [0.3, 0.4) is 0 Å². The van der Waals surface area contributed by atoms with Gasteiger partial charge in [-0.15, -0.1) is 0 Å². The average Bonchev–Trinajstić information content (AvgIpc) is 2.54. The van der Waals surface area contributed by atoms with Gasteiger partial charge in [-0.1, -0.05) is 37.5 Å². The number of methoxy groups -OCH3 is 1. The van der Waals surface area contributed by atoms with Crippen molar-refractivity contribution in [1.29, 1.82) is 0 Å². The number of thioether (sulfide) groups is 1. The minimum absolute atomic E-state index is 0.462. The first-order chi connectivity index (χ1) is 10.3. The monoisotopic (exact) mass is 310 g/mol. The normalized spacial score (nSPS) is 17.6. The highest BCUT2D eigenvalue weighted by molar-refractivity contribution is 7.99. The molecule has 21 heavy (non-hydrogen) atoms. The Morgan fingerprint density at radius 2 is 1.95 bits per heavy atom. The number of hydrogen-bond acceptors (Lipinski definition) is 4. The predicted molar refractivity (Wildman–Crippen MR) is 88.1 cm³/mol. The highest BCUT2D eigenvalue weighted by Gasteiger charge is 2.18. The summed E-state index contributed by atoms with van der Waals surface area (Å²) < 4.78 is 10.7. The van der Waals surface area contributed by atoms with Gasteiger partial charge in [-0.05, 0) is 18.9 Å². The summed E-state index contributed by atoms with van der Waals surface area (Å²) in [6.07, 6.45) is 6.17. The van der Waals surface area contributed by atoms with Crippen LogP contribution in [0, 0.1) is 0 Å². The molecule has 1 atom stereocenters. The maximum Gasteiger partial charge on any atom is 0.125 e. The third-order valence-corrected chi connectivity index (χ3v) is 5.32. The lowest BCUT2D eigenvalue weighted by Gasteiger charge is -2.23. The molecule has 0 aliphatic heterocycles. The number of rotatable bonds is 8. The molecule has 0 spiro atoms. The molecule has 1 saturated carbocycles. The van der Waals surface area contributed by atoms with Crippen molar-refractivity contribution >= 4 is 11.8 Å². The third kappa shape index (κ3) is 5.53. The van der Waals surface area contributed by atoms with E-state index in [1.54, 1.807) is 7.11 Å². The van der Waals surface area contributed by atoms with E-state index < -0.39 is 6.10 Å². The van der Waals surface area contributed by atoms with Crippen LogP contribution in [-0.2, 0) is 4.74 Å². The second kappa shape index (κ2) is 9.34. The summed E-state index contributed by atoms with van der Waals surface area (Å²) in [4.78, 5) is 0. The van der Waals surface area contributed by atoms with E-state index in [1.807, 2.05) is 36.0 Å². The van der Waals surface area contributed by atoms with Crippen LogP contribution in [-0.4, -0.2) is 36.4 Å². The average molecular weight is 310 g/mol. The van der Waals surface area contributed by atoms with E-state index in [0.717, 1.165) is 22.3 Å². The first kappa shape index (κ1) is 16.7. The standard InChI is InChI=1S/C17H26O3S/c1-19-11-12-20-17-10-6-5-9-15(17)16(18)13-21-14-7-3-2-4-8-14/h5-6,9-10,14,16,18H,2-4,7-8,11-13H2,1H3. The molecule has 1 aromatic carbocycles. The van der Waals surface area contributed by atoms with Crippen molar-refractivity contribution < 1.29 is 14.6 Å². The zero-order valence-electron chi connectivity index (χ0n) is 12.8. The quantitative estimate of drug-likeness (QED) is 0.741. The topological polar surface area (TPSA) is 38.7 Å². The van der Waals surface area contributed by atoms with Crippen LogP contribution < -0.4 is 4.74 Å². The molecule has 0 amide bonds. The van der Waals surface area contributed by atoms with Crippen LogP contribution in [0.25, 0.3) is 0 Å². The van der Waals surface area contributed by atoms with Gasteiger partial charge in [0.15, 0.2) is 0 Å². The largest absolute Gasteiger partial charge is 0.491 e. The summed E-state index contributed by atoms with van der Waals surface area (Å²) in [5.74, 6) is 1.52. The van der Waals surface area contributed by atoms with Crippen molar-refractivity contribution in [2.45, 2.75) is 43.5 Å². The molecule has 1 fully saturated rings. The van der Waals surface area contributed by atoms with Gasteiger partial charge in [-0.3, -0.25) is 0 Å². The van der Waals surface area contributed by atoms with E-state index in [4.69, 9.17) is 9.47 Å². The first-order valence-electron chi connectivity index (χ1n) is 7.81. The van der Waals surface area contributed by atoms with Gasteiger partial charge in [0, 0.05) is 23.7 Å². The van der Waals surface area contributed by atoms with E-state index in [0.29, 0.717) is 13.2 Å². The molecule has 0 bridgehead atoms. The molecule has 0 aromatic heterocycles. The SMILES string of the molecule is COCCOc1ccccc1C(O)CSC1CCCCC1. The van der Waals surface area contributed by atoms with Crippen molar-refractivity contribution in [1.82, 2.24) is 0 Å².